The fourth-order valence-electron chi connectivity index (χ4n) is 3.69. The number of nitrogens with zero attached hydrogens (tertiary/aromatic N) is 5. The molecule has 5 nitrogen and oxygen atoms in total. The van der Waals surface area contributed by atoms with Crippen molar-refractivity contribution in [1.82, 2.24) is 9.97 Å². The Hall–Kier alpha value is -4.92. The molecule has 0 saturated heterocycles. The molecule has 5 aromatic rings. The first-order valence-electron chi connectivity index (χ1n) is 11.3. The van der Waals surface area contributed by atoms with Gasteiger partial charge in [0.05, 0.1) is 6.57 Å². The second-order valence-corrected chi connectivity index (χ2v) is 7.90. The molecule has 0 aliphatic heterocycles. The van der Waals surface area contributed by atoms with Crippen LogP contribution in [0.25, 0.3) is 38.5 Å². The zero-order valence-corrected chi connectivity index (χ0v) is 22.7. The summed E-state index contributed by atoms with van der Waals surface area (Å²) in [7, 11) is 0. The average Bonchev–Trinajstić information content (AvgIpc) is 2.98. The molecule has 0 bridgehead atoms. The summed E-state index contributed by atoms with van der Waals surface area (Å²) in [5.41, 5.74) is 6.53. The monoisotopic (exact) mass is 666 g/mol. The van der Waals surface area contributed by atoms with Gasteiger partial charge in [-0.25, -0.2) is 10.5 Å². The van der Waals surface area contributed by atoms with Crippen molar-refractivity contribution in [2.75, 3.05) is 0 Å². The normalized spacial score (nSPS) is 9.42. The molecule has 0 saturated carbocycles. The molecule has 0 N–H and O–H groups in total. The van der Waals surface area contributed by atoms with E-state index in [0.717, 1.165) is 27.9 Å². The van der Waals surface area contributed by atoms with Gasteiger partial charge in [-0.3, -0.25) is 9.83 Å². The topological polar surface area (TPSA) is 77.7 Å². The maximum atomic E-state index is 9.23. The van der Waals surface area contributed by atoms with E-state index in [1.807, 2.05) is 97.9 Å². The number of aryl methyl sites for hydroxylation is 1. The maximum absolute atomic E-state index is 9.23. The van der Waals surface area contributed by atoms with Crippen LogP contribution < -0.4 is 0 Å². The fourth-order valence-corrected chi connectivity index (χ4v) is 3.69. The number of rotatable bonds is 3. The number of nitriles is 2. The Balaban J connectivity index is 0.000000258. The first kappa shape index (κ1) is 27.7. The van der Waals surface area contributed by atoms with Crippen LogP contribution in [0.1, 0.15) is 16.7 Å². The molecule has 0 amide bonds. The Morgan fingerprint density at radius 2 is 1.61 bits per heavy atom. The molecule has 0 aliphatic rings. The summed E-state index contributed by atoms with van der Waals surface area (Å²) in [5.74, 6) is 0. The number of benzene rings is 3. The van der Waals surface area contributed by atoms with Crippen molar-refractivity contribution in [1.29, 1.82) is 10.5 Å². The van der Waals surface area contributed by atoms with Crippen molar-refractivity contribution in [3.05, 3.63) is 138 Å². The molecule has 0 aliphatic carbocycles. The van der Waals surface area contributed by atoms with E-state index in [0.29, 0.717) is 11.3 Å². The van der Waals surface area contributed by atoms with Gasteiger partial charge >= 0.3 is 0 Å². The SMILES string of the molecule is [C-]#[N+]c1cc(-c2cc(C)c(-c3ccccc3)cn2)[c-]c(C#N)c1C#N.[Ir].[c-]1ccccc1-c1ccccn1. The van der Waals surface area contributed by atoms with Crippen LogP contribution in [0.5, 0.6) is 0 Å². The molecule has 2 heterocycles. The van der Waals surface area contributed by atoms with Crippen molar-refractivity contribution in [2.24, 2.45) is 0 Å². The van der Waals surface area contributed by atoms with Crippen LogP contribution in [0.4, 0.5) is 5.69 Å². The minimum atomic E-state index is 0. The van der Waals surface area contributed by atoms with Gasteiger partial charge in [-0.2, -0.15) is 0 Å². The number of pyridine rings is 2. The summed E-state index contributed by atoms with van der Waals surface area (Å²) < 4.78 is 0. The van der Waals surface area contributed by atoms with E-state index in [2.05, 4.69) is 26.9 Å². The molecule has 0 spiro atoms. The van der Waals surface area contributed by atoms with Crippen LogP contribution in [-0.2, 0) is 20.1 Å². The Morgan fingerprint density at radius 3 is 2.21 bits per heavy atom. The van der Waals surface area contributed by atoms with Gasteiger partial charge in [0, 0.05) is 55.4 Å². The van der Waals surface area contributed by atoms with Gasteiger partial charge in [0.15, 0.2) is 0 Å². The Labute approximate surface area is 235 Å². The van der Waals surface area contributed by atoms with E-state index in [4.69, 9.17) is 11.8 Å². The third-order valence-corrected chi connectivity index (χ3v) is 5.51. The van der Waals surface area contributed by atoms with E-state index in [1.54, 1.807) is 18.5 Å². The van der Waals surface area contributed by atoms with Gasteiger partial charge in [0.1, 0.15) is 5.69 Å². The first-order chi connectivity index (χ1) is 18.1. The van der Waals surface area contributed by atoms with Crippen LogP contribution in [0, 0.1) is 48.3 Å². The third kappa shape index (κ3) is 6.44. The predicted octanol–water partition coefficient (Wildman–Crippen LogP) is 7.36. The second kappa shape index (κ2) is 13.4. The van der Waals surface area contributed by atoms with Gasteiger partial charge in [-0.05, 0) is 41.4 Å². The standard InChI is InChI=1S/C21H11N4.C11H8N.Ir/c1-14-8-20(25-13-19(14)15-6-4-3-5-7-15)16-9-17(11-22)18(12-23)21(10-16)24-2;1-2-6-10(7-3-1)11-8-4-5-9-12-11;/h3-8,10,13H,1H3;1-6,8-9H;/q2*-1;. The van der Waals surface area contributed by atoms with Gasteiger partial charge in [-0.1, -0.05) is 48.5 Å². The zero-order chi connectivity index (χ0) is 26.0. The van der Waals surface area contributed by atoms with Crippen molar-refractivity contribution < 1.29 is 20.1 Å². The van der Waals surface area contributed by atoms with Crippen molar-refractivity contribution in [2.45, 2.75) is 6.92 Å². The number of hydrogen-bond donors (Lipinski definition) is 0. The Kier molecular flexibility index (Phi) is 9.76. The molecule has 0 atom stereocenters. The van der Waals surface area contributed by atoms with Gasteiger partial charge in [0.25, 0.3) is 0 Å². The number of hydrogen-bond acceptors (Lipinski definition) is 4. The van der Waals surface area contributed by atoms with Crippen molar-refractivity contribution in [3.8, 4) is 45.8 Å². The van der Waals surface area contributed by atoms with Gasteiger partial charge in [-0.15, -0.1) is 53.6 Å². The predicted molar refractivity (Wildman–Crippen MR) is 143 cm³/mol. The molecule has 6 heteroatoms. The van der Waals surface area contributed by atoms with E-state index < -0.39 is 0 Å². The summed E-state index contributed by atoms with van der Waals surface area (Å²) in [6.45, 7) is 9.22. The van der Waals surface area contributed by atoms with Crippen molar-refractivity contribution in [3.63, 3.8) is 0 Å². The largest absolute Gasteiger partial charge is 0.305 e. The fraction of sp³-hybridized carbons (Fsp3) is 0.0312. The van der Waals surface area contributed by atoms with Crippen LogP contribution in [0.2, 0.25) is 0 Å². The molecule has 5 rings (SSSR count). The zero-order valence-electron chi connectivity index (χ0n) is 20.3. The Bertz CT molecular complexity index is 1570. The minimum Gasteiger partial charge on any atom is -0.305 e. The molecular formula is C32H19IrN5-2. The maximum Gasteiger partial charge on any atom is 0.142 e. The quantitative estimate of drug-likeness (QED) is 0.189. The molecule has 38 heavy (non-hydrogen) atoms. The molecule has 2 aromatic heterocycles. The molecular weight excluding hydrogens is 647 g/mol. The second-order valence-electron chi connectivity index (χ2n) is 7.90. The molecule has 0 unspecified atom stereocenters. The summed E-state index contributed by atoms with van der Waals surface area (Å²) in [4.78, 5) is 12.0. The first-order valence-corrected chi connectivity index (χ1v) is 11.3. The third-order valence-electron chi connectivity index (χ3n) is 5.51. The van der Waals surface area contributed by atoms with Crippen LogP contribution in [0.3, 0.4) is 0 Å². The molecule has 3 aromatic carbocycles. The van der Waals surface area contributed by atoms with Gasteiger partial charge in [0.2, 0.25) is 0 Å². The van der Waals surface area contributed by atoms with E-state index in [1.165, 1.54) is 0 Å². The van der Waals surface area contributed by atoms with E-state index >= 15 is 0 Å². The van der Waals surface area contributed by atoms with Crippen molar-refractivity contribution >= 4 is 5.69 Å². The summed E-state index contributed by atoms with van der Waals surface area (Å²) in [5, 5.41) is 18.4. The van der Waals surface area contributed by atoms with Gasteiger partial charge < -0.3 is 4.98 Å². The minimum absolute atomic E-state index is 0. The summed E-state index contributed by atoms with van der Waals surface area (Å²) >= 11 is 0. The molecule has 183 valence electrons. The van der Waals surface area contributed by atoms with E-state index in [9.17, 15) is 5.26 Å². The molecule has 1 radical (unpaired) electrons. The van der Waals surface area contributed by atoms with Crippen LogP contribution in [0.15, 0.2) is 97.3 Å². The average molecular weight is 666 g/mol. The summed E-state index contributed by atoms with van der Waals surface area (Å²) in [6, 6.07) is 36.9. The number of aromatic nitrogens is 2. The summed E-state index contributed by atoms with van der Waals surface area (Å²) in [6.07, 6.45) is 3.56. The van der Waals surface area contributed by atoms with Crippen LogP contribution in [-0.4, -0.2) is 9.97 Å². The Morgan fingerprint density at radius 1 is 0.842 bits per heavy atom. The molecule has 0 fully saturated rings. The smallest absolute Gasteiger partial charge is 0.142 e. The van der Waals surface area contributed by atoms with Crippen LogP contribution >= 0.6 is 0 Å². The van der Waals surface area contributed by atoms with E-state index in [-0.39, 0.29) is 36.9 Å².